The lowest BCUT2D eigenvalue weighted by Gasteiger charge is -2.11. The lowest BCUT2D eigenvalue weighted by atomic mass is 10.2. The van der Waals surface area contributed by atoms with Gasteiger partial charge in [-0.1, -0.05) is 0 Å². The van der Waals surface area contributed by atoms with E-state index < -0.39 is 0 Å². The first-order chi connectivity index (χ1) is 10.7. The monoisotopic (exact) mass is 290 g/mol. The zero-order valence-electron chi connectivity index (χ0n) is 12.3. The zero-order chi connectivity index (χ0) is 15.5. The number of aromatic nitrogens is 3. The van der Waals surface area contributed by atoms with Gasteiger partial charge in [0.2, 0.25) is 0 Å². The number of hydrogen-bond acceptors (Lipinski definition) is 5. The second-order valence-corrected chi connectivity index (χ2v) is 4.94. The van der Waals surface area contributed by atoms with Gasteiger partial charge in [0.15, 0.2) is 17.2 Å². The Labute approximate surface area is 127 Å². The van der Waals surface area contributed by atoms with Crippen molar-refractivity contribution in [3.8, 4) is 6.07 Å². The summed E-state index contributed by atoms with van der Waals surface area (Å²) in [5.74, 6) is 0.424. The Morgan fingerprint density at radius 1 is 1.23 bits per heavy atom. The first-order valence-electron chi connectivity index (χ1n) is 6.74. The highest BCUT2D eigenvalue weighted by Gasteiger charge is 2.10. The van der Waals surface area contributed by atoms with E-state index in [1.165, 1.54) is 0 Å². The highest BCUT2D eigenvalue weighted by Crippen LogP contribution is 2.19. The second kappa shape index (κ2) is 5.66. The Morgan fingerprint density at radius 3 is 2.64 bits per heavy atom. The van der Waals surface area contributed by atoms with Gasteiger partial charge in [-0.25, -0.2) is 15.0 Å². The molecule has 108 valence electrons. The fourth-order valence-corrected chi connectivity index (χ4v) is 2.04. The van der Waals surface area contributed by atoms with Crippen molar-refractivity contribution in [2.24, 2.45) is 4.99 Å². The predicted molar refractivity (Wildman–Crippen MR) is 86.5 cm³/mol. The SMILES string of the molecule is CN(C)c1ccc(N=C(C#N)c2nc3ncccc3[nH]2)cc1. The highest BCUT2D eigenvalue weighted by molar-refractivity contribution is 6.11. The van der Waals surface area contributed by atoms with Crippen LogP contribution in [0.4, 0.5) is 11.4 Å². The Hall–Kier alpha value is -3.20. The topological polar surface area (TPSA) is 81.0 Å². The standard InChI is InChI=1S/C16H14N6/c1-22(2)12-7-5-11(6-8-12)19-14(10-17)16-20-13-4-3-9-18-15(13)21-16/h3-9H,1-2H3,(H,18,20,21). The number of aromatic amines is 1. The maximum atomic E-state index is 9.34. The average molecular weight is 290 g/mol. The van der Waals surface area contributed by atoms with Crippen LogP contribution < -0.4 is 4.90 Å². The van der Waals surface area contributed by atoms with Crippen LogP contribution in [0.25, 0.3) is 11.2 Å². The van der Waals surface area contributed by atoms with Crippen molar-refractivity contribution < 1.29 is 0 Å². The largest absolute Gasteiger partial charge is 0.378 e. The molecule has 0 radical (unpaired) electrons. The molecule has 1 N–H and O–H groups in total. The molecule has 1 aromatic carbocycles. The molecule has 0 aliphatic heterocycles. The first kappa shape index (κ1) is 13.8. The van der Waals surface area contributed by atoms with Crippen molar-refractivity contribution in [1.82, 2.24) is 15.0 Å². The van der Waals surface area contributed by atoms with E-state index in [4.69, 9.17) is 0 Å². The molecule has 3 rings (SSSR count). The molecule has 2 heterocycles. The van der Waals surface area contributed by atoms with Crippen molar-refractivity contribution in [1.29, 1.82) is 5.26 Å². The number of nitriles is 1. The molecular weight excluding hydrogens is 276 g/mol. The van der Waals surface area contributed by atoms with Gasteiger partial charge in [0.25, 0.3) is 0 Å². The minimum absolute atomic E-state index is 0.232. The fraction of sp³-hybridized carbons (Fsp3) is 0.125. The molecule has 0 unspecified atom stereocenters. The van der Waals surface area contributed by atoms with Gasteiger partial charge in [-0.2, -0.15) is 5.26 Å². The molecule has 3 aromatic rings. The quantitative estimate of drug-likeness (QED) is 0.752. The Bertz CT molecular complexity index is 835. The number of anilines is 1. The van der Waals surface area contributed by atoms with Crippen molar-refractivity contribution >= 4 is 28.3 Å². The molecule has 22 heavy (non-hydrogen) atoms. The van der Waals surface area contributed by atoms with Crippen LogP contribution in [0.2, 0.25) is 0 Å². The van der Waals surface area contributed by atoms with Gasteiger partial charge in [0.1, 0.15) is 6.07 Å². The Kier molecular flexibility index (Phi) is 3.54. The van der Waals surface area contributed by atoms with Crippen LogP contribution in [-0.4, -0.2) is 34.8 Å². The summed E-state index contributed by atoms with van der Waals surface area (Å²) in [6.07, 6.45) is 1.66. The molecule has 0 saturated heterocycles. The zero-order valence-corrected chi connectivity index (χ0v) is 12.3. The van der Waals surface area contributed by atoms with E-state index in [0.717, 1.165) is 11.2 Å². The van der Waals surface area contributed by atoms with E-state index in [9.17, 15) is 5.26 Å². The normalized spacial score (nSPS) is 11.4. The third-order valence-electron chi connectivity index (χ3n) is 3.19. The molecule has 6 nitrogen and oxygen atoms in total. The second-order valence-electron chi connectivity index (χ2n) is 4.94. The van der Waals surface area contributed by atoms with Crippen LogP contribution >= 0.6 is 0 Å². The van der Waals surface area contributed by atoms with Crippen LogP contribution in [0.3, 0.4) is 0 Å². The minimum atomic E-state index is 0.232. The number of nitrogens with one attached hydrogen (secondary N) is 1. The number of rotatable bonds is 3. The van der Waals surface area contributed by atoms with Crippen molar-refractivity contribution in [2.75, 3.05) is 19.0 Å². The molecule has 0 bridgehead atoms. The van der Waals surface area contributed by atoms with Crippen molar-refractivity contribution in [2.45, 2.75) is 0 Å². The molecule has 0 aliphatic rings. The average Bonchev–Trinajstić information content (AvgIpc) is 2.96. The van der Waals surface area contributed by atoms with Crippen LogP contribution in [0.5, 0.6) is 0 Å². The summed E-state index contributed by atoms with van der Waals surface area (Å²) < 4.78 is 0. The summed E-state index contributed by atoms with van der Waals surface area (Å²) >= 11 is 0. The van der Waals surface area contributed by atoms with Gasteiger partial charge in [-0.05, 0) is 36.4 Å². The molecule has 2 aromatic heterocycles. The van der Waals surface area contributed by atoms with E-state index in [1.807, 2.05) is 55.4 Å². The number of H-pyrrole nitrogens is 1. The van der Waals surface area contributed by atoms with Gasteiger partial charge < -0.3 is 9.88 Å². The number of nitrogens with zero attached hydrogens (tertiary/aromatic N) is 5. The number of fused-ring (bicyclic) bond motifs is 1. The number of aliphatic imine (C=N–C) groups is 1. The lowest BCUT2D eigenvalue weighted by molar-refractivity contribution is 1.13. The Morgan fingerprint density at radius 2 is 2.00 bits per heavy atom. The van der Waals surface area contributed by atoms with E-state index in [0.29, 0.717) is 17.2 Å². The number of hydrogen-bond donors (Lipinski definition) is 1. The van der Waals surface area contributed by atoms with Crippen LogP contribution in [0.1, 0.15) is 5.82 Å². The number of benzene rings is 1. The molecular formula is C16H14N6. The molecule has 0 aliphatic carbocycles. The highest BCUT2D eigenvalue weighted by atomic mass is 15.1. The van der Waals surface area contributed by atoms with Gasteiger partial charge in [0, 0.05) is 26.0 Å². The van der Waals surface area contributed by atoms with Crippen LogP contribution in [0.15, 0.2) is 47.6 Å². The number of imidazole rings is 1. The number of pyridine rings is 1. The molecule has 0 spiro atoms. The van der Waals surface area contributed by atoms with Gasteiger partial charge >= 0.3 is 0 Å². The molecule has 0 atom stereocenters. The van der Waals surface area contributed by atoms with Gasteiger partial charge in [-0.3, -0.25) is 0 Å². The Balaban J connectivity index is 1.97. The van der Waals surface area contributed by atoms with Crippen LogP contribution in [-0.2, 0) is 0 Å². The summed E-state index contributed by atoms with van der Waals surface area (Å²) in [6, 6.07) is 13.4. The predicted octanol–water partition coefficient (Wildman–Crippen LogP) is 2.67. The van der Waals surface area contributed by atoms with Gasteiger partial charge in [0.05, 0.1) is 11.2 Å². The smallest absolute Gasteiger partial charge is 0.183 e. The van der Waals surface area contributed by atoms with E-state index in [2.05, 4.69) is 26.0 Å². The third-order valence-corrected chi connectivity index (χ3v) is 3.19. The minimum Gasteiger partial charge on any atom is -0.378 e. The summed E-state index contributed by atoms with van der Waals surface area (Å²) in [6.45, 7) is 0. The maximum Gasteiger partial charge on any atom is 0.183 e. The lowest BCUT2D eigenvalue weighted by Crippen LogP contribution is -2.07. The summed E-state index contributed by atoms with van der Waals surface area (Å²) in [4.78, 5) is 17.9. The third kappa shape index (κ3) is 2.65. The van der Waals surface area contributed by atoms with E-state index in [1.54, 1.807) is 6.20 Å². The molecule has 0 saturated carbocycles. The fourth-order valence-electron chi connectivity index (χ4n) is 2.04. The molecule has 0 amide bonds. The maximum absolute atomic E-state index is 9.34. The van der Waals surface area contributed by atoms with Crippen molar-refractivity contribution in [3.05, 3.63) is 48.4 Å². The molecule has 6 heteroatoms. The van der Waals surface area contributed by atoms with E-state index in [-0.39, 0.29) is 5.71 Å². The molecule has 0 fully saturated rings. The first-order valence-corrected chi connectivity index (χ1v) is 6.74. The van der Waals surface area contributed by atoms with Gasteiger partial charge in [-0.15, -0.1) is 0 Å². The van der Waals surface area contributed by atoms with Crippen LogP contribution in [0, 0.1) is 11.3 Å². The van der Waals surface area contributed by atoms with Crippen molar-refractivity contribution in [3.63, 3.8) is 0 Å². The summed E-state index contributed by atoms with van der Waals surface area (Å²) in [5.41, 5.74) is 3.36. The summed E-state index contributed by atoms with van der Waals surface area (Å²) in [5, 5.41) is 9.34. The summed E-state index contributed by atoms with van der Waals surface area (Å²) in [7, 11) is 3.95. The van der Waals surface area contributed by atoms with E-state index >= 15 is 0 Å².